The molecular formula is C13H16BrN3S. The predicted octanol–water partition coefficient (Wildman–Crippen LogP) is 3.64. The number of halogens is 1. The number of nitrogens with one attached hydrogen (secondary N) is 1. The van der Waals surface area contributed by atoms with Gasteiger partial charge in [0, 0.05) is 12.6 Å². The molecule has 1 aliphatic heterocycles. The molecule has 1 unspecified atom stereocenters. The number of hydrogen-bond donors (Lipinski definition) is 1. The molecule has 0 spiro atoms. The van der Waals surface area contributed by atoms with Crippen LogP contribution >= 0.6 is 27.3 Å². The van der Waals surface area contributed by atoms with Crippen LogP contribution < -0.4 is 5.32 Å². The SMILES string of the molecule is Cc1c(C2CCCN2)nn(C)c1-c1ccc(Br)s1. The van der Waals surface area contributed by atoms with Crippen molar-refractivity contribution in [1.82, 2.24) is 15.1 Å². The molecule has 0 saturated carbocycles. The van der Waals surface area contributed by atoms with Gasteiger partial charge in [0.25, 0.3) is 0 Å². The Morgan fingerprint density at radius 3 is 2.94 bits per heavy atom. The molecular weight excluding hydrogens is 310 g/mol. The standard InChI is InChI=1S/C13H16BrN3S/c1-8-12(9-4-3-7-15-9)16-17(2)13(8)10-5-6-11(14)18-10/h5-6,9,15H,3-4,7H2,1-2H3. The third kappa shape index (κ3) is 2.04. The normalized spacial score (nSPS) is 19.6. The Morgan fingerprint density at radius 1 is 1.50 bits per heavy atom. The van der Waals surface area contributed by atoms with Gasteiger partial charge in [-0.2, -0.15) is 5.10 Å². The van der Waals surface area contributed by atoms with Crippen LogP contribution in [0.25, 0.3) is 10.6 Å². The van der Waals surface area contributed by atoms with E-state index < -0.39 is 0 Å². The van der Waals surface area contributed by atoms with Crippen LogP contribution in [-0.2, 0) is 7.05 Å². The van der Waals surface area contributed by atoms with E-state index in [0.29, 0.717) is 6.04 Å². The van der Waals surface area contributed by atoms with Crippen LogP contribution in [0.4, 0.5) is 0 Å². The lowest BCUT2D eigenvalue weighted by molar-refractivity contribution is 0.605. The quantitative estimate of drug-likeness (QED) is 0.913. The molecule has 96 valence electrons. The Morgan fingerprint density at radius 2 is 2.33 bits per heavy atom. The highest BCUT2D eigenvalue weighted by atomic mass is 79.9. The Kier molecular flexibility index (Phi) is 3.30. The monoisotopic (exact) mass is 325 g/mol. The molecule has 1 saturated heterocycles. The molecule has 1 aliphatic rings. The molecule has 3 nitrogen and oxygen atoms in total. The highest BCUT2D eigenvalue weighted by Gasteiger charge is 2.24. The lowest BCUT2D eigenvalue weighted by atomic mass is 10.1. The van der Waals surface area contributed by atoms with Crippen molar-refractivity contribution in [3.63, 3.8) is 0 Å². The van der Waals surface area contributed by atoms with Gasteiger partial charge in [-0.05, 0) is 54.4 Å². The first-order valence-corrected chi connectivity index (χ1v) is 7.80. The third-order valence-corrected chi connectivity index (χ3v) is 5.15. The minimum atomic E-state index is 0.438. The van der Waals surface area contributed by atoms with Gasteiger partial charge in [-0.15, -0.1) is 11.3 Å². The predicted molar refractivity (Wildman–Crippen MR) is 78.9 cm³/mol. The van der Waals surface area contributed by atoms with Crippen molar-refractivity contribution >= 4 is 27.3 Å². The van der Waals surface area contributed by atoms with Crippen LogP contribution in [0, 0.1) is 6.92 Å². The molecule has 5 heteroatoms. The van der Waals surface area contributed by atoms with Crippen LogP contribution in [0.5, 0.6) is 0 Å². The molecule has 0 amide bonds. The number of aromatic nitrogens is 2. The second kappa shape index (κ2) is 4.79. The average Bonchev–Trinajstić information content (AvgIpc) is 3.01. The molecule has 0 radical (unpaired) electrons. The van der Waals surface area contributed by atoms with E-state index in [2.05, 4.69) is 40.3 Å². The largest absolute Gasteiger partial charge is 0.309 e. The van der Waals surface area contributed by atoms with Crippen molar-refractivity contribution in [2.24, 2.45) is 7.05 Å². The lowest BCUT2D eigenvalue weighted by Gasteiger charge is -2.07. The topological polar surface area (TPSA) is 29.9 Å². The van der Waals surface area contributed by atoms with E-state index in [1.165, 1.54) is 38.5 Å². The van der Waals surface area contributed by atoms with Gasteiger partial charge in [0.05, 0.1) is 26.1 Å². The first-order valence-electron chi connectivity index (χ1n) is 6.19. The Labute approximate surface area is 119 Å². The lowest BCUT2D eigenvalue weighted by Crippen LogP contribution is -2.14. The molecule has 3 heterocycles. The first kappa shape index (κ1) is 12.4. The van der Waals surface area contributed by atoms with Gasteiger partial charge >= 0.3 is 0 Å². The second-order valence-corrected chi connectivity index (χ2v) is 7.20. The average molecular weight is 326 g/mol. The van der Waals surface area contributed by atoms with E-state index in [9.17, 15) is 0 Å². The highest BCUT2D eigenvalue weighted by Crippen LogP contribution is 2.36. The summed E-state index contributed by atoms with van der Waals surface area (Å²) in [5, 5.41) is 8.25. The molecule has 0 aliphatic carbocycles. The summed E-state index contributed by atoms with van der Waals surface area (Å²) in [4.78, 5) is 1.28. The van der Waals surface area contributed by atoms with Gasteiger partial charge in [0.1, 0.15) is 0 Å². The van der Waals surface area contributed by atoms with Crippen molar-refractivity contribution in [3.05, 3.63) is 27.2 Å². The van der Waals surface area contributed by atoms with E-state index in [1.807, 2.05) is 11.7 Å². The van der Waals surface area contributed by atoms with Crippen molar-refractivity contribution in [1.29, 1.82) is 0 Å². The molecule has 0 bridgehead atoms. The van der Waals surface area contributed by atoms with E-state index in [-0.39, 0.29) is 0 Å². The number of thiophene rings is 1. The van der Waals surface area contributed by atoms with E-state index in [0.717, 1.165) is 6.54 Å². The van der Waals surface area contributed by atoms with Crippen LogP contribution in [-0.4, -0.2) is 16.3 Å². The fourth-order valence-corrected chi connectivity index (χ4v) is 4.20. The van der Waals surface area contributed by atoms with Gasteiger partial charge in [-0.1, -0.05) is 0 Å². The fourth-order valence-electron chi connectivity index (χ4n) is 2.69. The summed E-state index contributed by atoms with van der Waals surface area (Å²) >= 11 is 5.29. The number of nitrogens with zero attached hydrogens (tertiary/aromatic N) is 2. The minimum Gasteiger partial charge on any atom is -0.309 e. The maximum Gasteiger partial charge on any atom is 0.0829 e. The van der Waals surface area contributed by atoms with Crippen molar-refractivity contribution < 1.29 is 0 Å². The van der Waals surface area contributed by atoms with E-state index >= 15 is 0 Å². The highest BCUT2D eigenvalue weighted by molar-refractivity contribution is 9.11. The molecule has 3 rings (SSSR count). The van der Waals surface area contributed by atoms with Crippen molar-refractivity contribution in [2.45, 2.75) is 25.8 Å². The van der Waals surface area contributed by atoms with Gasteiger partial charge in [0.2, 0.25) is 0 Å². The summed E-state index contributed by atoms with van der Waals surface area (Å²) in [6.07, 6.45) is 2.45. The van der Waals surface area contributed by atoms with Crippen molar-refractivity contribution in [3.8, 4) is 10.6 Å². The fraction of sp³-hybridized carbons (Fsp3) is 0.462. The zero-order valence-electron chi connectivity index (χ0n) is 10.5. The minimum absolute atomic E-state index is 0.438. The molecule has 1 N–H and O–H groups in total. The van der Waals surface area contributed by atoms with E-state index in [4.69, 9.17) is 5.10 Å². The van der Waals surface area contributed by atoms with Gasteiger partial charge < -0.3 is 5.32 Å². The molecule has 18 heavy (non-hydrogen) atoms. The van der Waals surface area contributed by atoms with E-state index in [1.54, 1.807) is 11.3 Å². The number of hydrogen-bond acceptors (Lipinski definition) is 3. The van der Waals surface area contributed by atoms with Crippen LogP contribution in [0.1, 0.15) is 30.1 Å². The molecule has 1 atom stereocenters. The maximum absolute atomic E-state index is 4.72. The summed E-state index contributed by atoms with van der Waals surface area (Å²) in [6, 6.07) is 4.69. The molecule has 2 aromatic heterocycles. The maximum atomic E-state index is 4.72. The second-order valence-electron chi connectivity index (χ2n) is 4.74. The summed E-state index contributed by atoms with van der Waals surface area (Å²) in [6.45, 7) is 3.30. The Bertz CT molecular complexity index is 567. The third-order valence-electron chi connectivity index (χ3n) is 3.52. The molecule has 1 fully saturated rings. The van der Waals surface area contributed by atoms with Gasteiger partial charge in [0.15, 0.2) is 0 Å². The molecule has 0 aromatic carbocycles. The molecule has 2 aromatic rings. The summed E-state index contributed by atoms with van der Waals surface area (Å²) in [5.74, 6) is 0. The van der Waals surface area contributed by atoms with Gasteiger partial charge in [-0.25, -0.2) is 0 Å². The smallest absolute Gasteiger partial charge is 0.0829 e. The van der Waals surface area contributed by atoms with Crippen molar-refractivity contribution in [2.75, 3.05) is 6.54 Å². The first-order chi connectivity index (χ1) is 8.66. The van der Waals surface area contributed by atoms with Crippen LogP contribution in [0.3, 0.4) is 0 Å². The summed E-state index contributed by atoms with van der Waals surface area (Å²) in [5.41, 5.74) is 3.77. The zero-order chi connectivity index (χ0) is 12.7. The summed E-state index contributed by atoms with van der Waals surface area (Å²) < 4.78 is 3.18. The Balaban J connectivity index is 2.05. The number of rotatable bonds is 2. The van der Waals surface area contributed by atoms with Gasteiger partial charge in [-0.3, -0.25) is 4.68 Å². The number of aryl methyl sites for hydroxylation is 1. The van der Waals surface area contributed by atoms with Crippen LogP contribution in [0.2, 0.25) is 0 Å². The van der Waals surface area contributed by atoms with Crippen LogP contribution in [0.15, 0.2) is 15.9 Å². The zero-order valence-corrected chi connectivity index (χ0v) is 12.9. The Hall–Kier alpha value is -0.650. The summed E-state index contributed by atoms with van der Waals surface area (Å²) in [7, 11) is 2.04.